The number of hydrogen-bond acceptors (Lipinski definition) is 4. The van der Waals surface area contributed by atoms with Crippen LogP contribution in [0.15, 0.2) is 0 Å². The molecule has 0 radical (unpaired) electrons. The van der Waals surface area contributed by atoms with E-state index in [0.29, 0.717) is 0 Å². The van der Waals surface area contributed by atoms with Gasteiger partial charge in [0.25, 0.3) is 0 Å². The first kappa shape index (κ1) is 14.6. The number of nitrogens with one attached hydrogen (secondary N) is 1. The highest BCUT2D eigenvalue weighted by Crippen LogP contribution is 2.16. The van der Waals surface area contributed by atoms with Gasteiger partial charge in [-0.2, -0.15) is 0 Å². The third-order valence-corrected chi connectivity index (χ3v) is 3.62. The maximum atomic E-state index is 5.54. The van der Waals surface area contributed by atoms with Crippen LogP contribution >= 0.6 is 11.3 Å². The molecular weight excluding hydrogens is 232 g/mol. The molecule has 0 atom stereocenters. The highest BCUT2D eigenvalue weighted by Gasteiger charge is 2.03. The molecule has 0 bridgehead atoms. The molecule has 0 unspecified atom stereocenters. The van der Waals surface area contributed by atoms with Gasteiger partial charge in [-0.3, -0.25) is 0 Å². The molecule has 1 rings (SSSR count). The van der Waals surface area contributed by atoms with Crippen molar-refractivity contribution in [2.24, 2.45) is 5.92 Å². The molecule has 0 amide bonds. The number of rotatable bonds is 8. The third-order valence-electron chi connectivity index (χ3n) is 2.55. The van der Waals surface area contributed by atoms with E-state index in [4.69, 9.17) is 4.74 Å². The van der Waals surface area contributed by atoms with E-state index in [-0.39, 0.29) is 0 Å². The highest BCUT2D eigenvalue weighted by atomic mass is 32.1. The van der Waals surface area contributed by atoms with Gasteiger partial charge in [-0.25, -0.2) is 4.98 Å². The van der Waals surface area contributed by atoms with Crippen LogP contribution in [0, 0.1) is 19.8 Å². The molecular formula is C13H24N2OS. The molecule has 0 aliphatic carbocycles. The number of hydrogen-bond donors (Lipinski definition) is 1. The largest absolute Gasteiger partial charge is 0.380 e. The van der Waals surface area contributed by atoms with Crippen molar-refractivity contribution in [3.05, 3.63) is 15.6 Å². The van der Waals surface area contributed by atoms with Gasteiger partial charge in [0.1, 0.15) is 0 Å². The zero-order valence-corrected chi connectivity index (χ0v) is 12.2. The number of ether oxygens (including phenoxy) is 1. The Hall–Kier alpha value is -0.450. The normalized spacial score (nSPS) is 11.4. The fourth-order valence-corrected chi connectivity index (χ4v) is 2.41. The van der Waals surface area contributed by atoms with E-state index in [1.54, 1.807) is 11.3 Å². The maximum Gasteiger partial charge on any atom is 0.0900 e. The molecule has 1 N–H and O–H groups in total. The Kier molecular flexibility index (Phi) is 6.70. The van der Waals surface area contributed by atoms with Crippen molar-refractivity contribution >= 4 is 11.3 Å². The number of nitrogens with zero attached hydrogens (tertiary/aromatic N) is 1. The minimum absolute atomic E-state index is 0.728. The highest BCUT2D eigenvalue weighted by molar-refractivity contribution is 7.11. The van der Waals surface area contributed by atoms with Crippen molar-refractivity contribution in [2.75, 3.05) is 19.8 Å². The van der Waals surface area contributed by atoms with E-state index in [9.17, 15) is 0 Å². The first-order chi connectivity index (χ1) is 8.09. The maximum absolute atomic E-state index is 5.54. The summed E-state index contributed by atoms with van der Waals surface area (Å²) in [5.74, 6) is 0.728. The predicted octanol–water partition coefficient (Wildman–Crippen LogP) is 2.91. The topological polar surface area (TPSA) is 34.2 Å². The van der Waals surface area contributed by atoms with Gasteiger partial charge in [-0.15, -0.1) is 11.3 Å². The van der Waals surface area contributed by atoms with Crippen LogP contribution in [0.25, 0.3) is 0 Å². The summed E-state index contributed by atoms with van der Waals surface area (Å²) >= 11 is 1.77. The molecule has 0 aliphatic rings. The minimum atomic E-state index is 0.728. The van der Waals surface area contributed by atoms with Gasteiger partial charge in [0.05, 0.1) is 17.3 Å². The van der Waals surface area contributed by atoms with Crippen molar-refractivity contribution in [2.45, 2.75) is 40.7 Å². The predicted molar refractivity (Wildman–Crippen MR) is 73.6 cm³/mol. The van der Waals surface area contributed by atoms with E-state index in [0.717, 1.165) is 49.3 Å². The van der Waals surface area contributed by atoms with E-state index in [1.165, 1.54) is 4.88 Å². The van der Waals surface area contributed by atoms with Gasteiger partial charge in [0, 0.05) is 24.6 Å². The average molecular weight is 256 g/mol. The number of aromatic nitrogens is 1. The van der Waals surface area contributed by atoms with Crippen molar-refractivity contribution in [1.29, 1.82) is 0 Å². The average Bonchev–Trinajstić information content (AvgIpc) is 2.55. The van der Waals surface area contributed by atoms with Crippen molar-refractivity contribution in [3.63, 3.8) is 0 Å². The molecule has 98 valence electrons. The van der Waals surface area contributed by atoms with E-state index in [1.807, 2.05) is 0 Å². The summed E-state index contributed by atoms with van der Waals surface area (Å²) in [7, 11) is 0. The van der Waals surface area contributed by atoms with E-state index in [2.05, 4.69) is 38.0 Å². The molecule has 1 aromatic heterocycles. The van der Waals surface area contributed by atoms with Crippen LogP contribution in [0.5, 0.6) is 0 Å². The lowest BCUT2D eigenvalue weighted by Crippen LogP contribution is -2.19. The monoisotopic (exact) mass is 256 g/mol. The fourth-order valence-electron chi connectivity index (χ4n) is 1.50. The summed E-state index contributed by atoms with van der Waals surface area (Å²) < 4.78 is 5.54. The van der Waals surface area contributed by atoms with Gasteiger partial charge in [-0.1, -0.05) is 13.8 Å². The van der Waals surface area contributed by atoms with Gasteiger partial charge < -0.3 is 10.1 Å². The Bertz CT molecular complexity index is 323. The molecule has 0 aliphatic heterocycles. The first-order valence-corrected chi connectivity index (χ1v) is 7.12. The molecule has 0 spiro atoms. The van der Waals surface area contributed by atoms with E-state index >= 15 is 0 Å². The van der Waals surface area contributed by atoms with Crippen LogP contribution in [-0.4, -0.2) is 24.7 Å². The second-order valence-electron chi connectivity index (χ2n) is 4.71. The smallest absolute Gasteiger partial charge is 0.0900 e. The summed E-state index contributed by atoms with van der Waals surface area (Å²) in [6.07, 6.45) is 1.15. The van der Waals surface area contributed by atoms with E-state index < -0.39 is 0 Å². The fraction of sp³-hybridized carbons (Fsp3) is 0.769. The standard InChI is InChI=1S/C13H24N2OS/c1-10(2)5-7-16-8-6-14-9-13-11(3)15-12(4)17-13/h10,14H,5-9H2,1-4H3. The van der Waals surface area contributed by atoms with Gasteiger partial charge >= 0.3 is 0 Å². The van der Waals surface area contributed by atoms with Crippen molar-refractivity contribution in [3.8, 4) is 0 Å². The van der Waals surface area contributed by atoms with Crippen molar-refractivity contribution in [1.82, 2.24) is 10.3 Å². The van der Waals surface area contributed by atoms with Gasteiger partial charge in [0.2, 0.25) is 0 Å². The van der Waals surface area contributed by atoms with Gasteiger partial charge in [0.15, 0.2) is 0 Å². The Morgan fingerprint density at radius 1 is 1.29 bits per heavy atom. The van der Waals surface area contributed by atoms with Crippen LogP contribution in [-0.2, 0) is 11.3 Å². The molecule has 0 aromatic carbocycles. The zero-order chi connectivity index (χ0) is 12.7. The molecule has 0 saturated carbocycles. The molecule has 17 heavy (non-hydrogen) atoms. The van der Waals surface area contributed by atoms with Crippen LogP contribution < -0.4 is 5.32 Å². The van der Waals surface area contributed by atoms with Crippen LogP contribution in [0.3, 0.4) is 0 Å². The lowest BCUT2D eigenvalue weighted by Gasteiger charge is -2.07. The Labute approximate surface area is 109 Å². The van der Waals surface area contributed by atoms with Gasteiger partial charge in [-0.05, 0) is 26.2 Å². The molecule has 0 fully saturated rings. The van der Waals surface area contributed by atoms with Crippen molar-refractivity contribution < 1.29 is 4.74 Å². The molecule has 1 heterocycles. The molecule has 1 aromatic rings. The second kappa shape index (κ2) is 7.80. The summed E-state index contributed by atoms with van der Waals surface area (Å²) in [5.41, 5.74) is 1.15. The van der Waals surface area contributed by atoms with Crippen LogP contribution in [0.2, 0.25) is 0 Å². The Morgan fingerprint density at radius 2 is 2.06 bits per heavy atom. The second-order valence-corrected chi connectivity index (χ2v) is 6.00. The number of thiazole rings is 1. The summed E-state index contributed by atoms with van der Waals surface area (Å²) in [5, 5.41) is 4.54. The summed E-state index contributed by atoms with van der Waals surface area (Å²) in [6.45, 7) is 12.0. The zero-order valence-electron chi connectivity index (χ0n) is 11.4. The quantitative estimate of drug-likeness (QED) is 0.726. The molecule has 4 heteroatoms. The molecule has 3 nitrogen and oxygen atoms in total. The Morgan fingerprint density at radius 3 is 2.65 bits per heavy atom. The summed E-state index contributed by atoms with van der Waals surface area (Å²) in [4.78, 5) is 5.74. The number of aryl methyl sites for hydroxylation is 2. The first-order valence-electron chi connectivity index (χ1n) is 6.31. The summed E-state index contributed by atoms with van der Waals surface area (Å²) in [6, 6.07) is 0. The lowest BCUT2D eigenvalue weighted by atomic mass is 10.1. The minimum Gasteiger partial charge on any atom is -0.380 e. The SMILES string of the molecule is Cc1nc(C)c(CNCCOCCC(C)C)s1. The Balaban J connectivity index is 2.03. The van der Waals surface area contributed by atoms with Crippen LogP contribution in [0.1, 0.15) is 35.8 Å². The molecule has 0 saturated heterocycles. The van der Waals surface area contributed by atoms with Crippen LogP contribution in [0.4, 0.5) is 0 Å². The third kappa shape index (κ3) is 6.15. The lowest BCUT2D eigenvalue weighted by molar-refractivity contribution is 0.125.